The highest BCUT2D eigenvalue weighted by molar-refractivity contribution is 6.23. The fourth-order valence-electron chi connectivity index (χ4n) is 10.2. The number of nitrogens with one attached hydrogen (secondary N) is 2. The average Bonchev–Trinajstić information content (AvgIpc) is 3.49. The number of phenols is 1. The number of likely N-dealkylation sites (tertiary alicyclic amines) is 1. The third-order valence-electron chi connectivity index (χ3n) is 13.2. The first-order chi connectivity index (χ1) is 26.7. The number of phenolic OH excluding ortho intramolecular Hbond substituents is 1. The number of carbonyl (C=O) groups is 4. The summed E-state index contributed by atoms with van der Waals surface area (Å²) in [5, 5.41) is 24.9. The molecule has 0 spiro atoms. The number of rotatable bonds is 7. The molecule has 7 aliphatic rings. The molecule has 14 nitrogen and oxygen atoms in total. The molecule has 1 saturated carbocycles. The predicted octanol–water partition coefficient (Wildman–Crippen LogP) is 2.21. The largest absolute Gasteiger partial charge is 0.507 e. The summed E-state index contributed by atoms with van der Waals surface area (Å²) in [7, 11) is 0. The van der Waals surface area contributed by atoms with Crippen LogP contribution in [0.15, 0.2) is 48.5 Å². The molecule has 55 heavy (non-hydrogen) atoms. The number of amides is 4. The number of carbonyl (C=O) groups excluding carboxylic acids is 4. The molecular weight excluding hydrogens is 705 g/mol. The lowest BCUT2D eigenvalue weighted by Crippen LogP contribution is -2.58. The molecule has 1 aliphatic carbocycles. The maximum Gasteiger partial charge on any atom is 0.262 e. The fraction of sp³-hybridized carbons (Fsp3) is 0.500. The number of piperazine rings is 1. The minimum Gasteiger partial charge on any atom is -0.507 e. The van der Waals surface area contributed by atoms with Gasteiger partial charge in [-0.15, -0.1) is 10.2 Å². The van der Waals surface area contributed by atoms with E-state index in [0.29, 0.717) is 53.7 Å². The van der Waals surface area contributed by atoms with Gasteiger partial charge in [0.25, 0.3) is 11.8 Å². The third kappa shape index (κ3) is 5.98. The van der Waals surface area contributed by atoms with Crippen molar-refractivity contribution in [2.24, 2.45) is 23.7 Å². The van der Waals surface area contributed by atoms with E-state index in [1.807, 2.05) is 23.1 Å². The summed E-state index contributed by atoms with van der Waals surface area (Å²) >= 11 is 0. The minimum atomic E-state index is -1.02. The first-order valence-corrected chi connectivity index (χ1v) is 19.6. The van der Waals surface area contributed by atoms with Crippen molar-refractivity contribution in [1.29, 1.82) is 0 Å². The number of fused-ring (bicyclic) bond motifs is 5. The summed E-state index contributed by atoms with van der Waals surface area (Å²) < 4.78 is 15.8. The van der Waals surface area contributed by atoms with E-state index in [2.05, 4.69) is 35.5 Å². The minimum absolute atomic E-state index is 0.0568. The van der Waals surface area contributed by atoms with Gasteiger partial charge in [0.05, 0.1) is 28.6 Å². The lowest BCUT2D eigenvalue weighted by molar-refractivity contribution is -0.136. The van der Waals surface area contributed by atoms with Crippen LogP contribution in [0.1, 0.15) is 40.0 Å². The zero-order valence-corrected chi connectivity index (χ0v) is 30.4. The van der Waals surface area contributed by atoms with E-state index in [1.165, 1.54) is 0 Å². The van der Waals surface area contributed by atoms with Crippen LogP contribution < -0.4 is 20.4 Å². The molecule has 7 heterocycles. The Kier molecular flexibility index (Phi) is 8.28. The van der Waals surface area contributed by atoms with Crippen LogP contribution in [-0.2, 0) is 9.59 Å². The Morgan fingerprint density at radius 2 is 1.64 bits per heavy atom. The Morgan fingerprint density at radius 1 is 0.818 bits per heavy atom. The SMILES string of the molecule is O=C1CCC(N2C(=O)c3ccc(N4CC[C@@H](CN5C[C@@H]6[C@H](C5)[C@H]6CN5CCN6c7cc(-c8ccccc8O)nnc7NC[C@H]6C5)[C@@H](F)C4)cc3C2=O)C(=O)N1. The first kappa shape index (κ1) is 34.3. The number of benzene rings is 2. The zero-order valence-electron chi connectivity index (χ0n) is 30.4. The summed E-state index contributed by atoms with van der Waals surface area (Å²) in [5.41, 5.74) is 3.52. The van der Waals surface area contributed by atoms with E-state index in [9.17, 15) is 24.3 Å². The van der Waals surface area contributed by atoms with Crippen molar-refractivity contribution < 1.29 is 28.7 Å². The molecule has 286 valence electrons. The van der Waals surface area contributed by atoms with Crippen LogP contribution >= 0.6 is 0 Å². The van der Waals surface area contributed by atoms with Gasteiger partial charge in [-0.3, -0.25) is 34.3 Å². The van der Waals surface area contributed by atoms with Gasteiger partial charge in [-0.05, 0) is 67.0 Å². The van der Waals surface area contributed by atoms with Crippen molar-refractivity contribution in [3.8, 4) is 17.0 Å². The number of para-hydroxylation sites is 1. The number of aromatic nitrogens is 2. The average molecular weight is 750 g/mol. The van der Waals surface area contributed by atoms with E-state index >= 15 is 4.39 Å². The van der Waals surface area contributed by atoms with E-state index in [1.54, 1.807) is 30.3 Å². The lowest BCUT2D eigenvalue weighted by Gasteiger charge is -2.46. The van der Waals surface area contributed by atoms with Gasteiger partial charge >= 0.3 is 0 Å². The second-order valence-electron chi connectivity index (χ2n) is 16.4. The molecule has 2 aromatic carbocycles. The van der Waals surface area contributed by atoms with Crippen LogP contribution in [0.25, 0.3) is 11.3 Å². The second-order valence-corrected chi connectivity index (χ2v) is 16.4. The molecule has 0 radical (unpaired) electrons. The van der Waals surface area contributed by atoms with Crippen LogP contribution in [0.4, 0.5) is 21.6 Å². The highest BCUT2D eigenvalue weighted by atomic mass is 19.1. The molecular formula is C40H44FN9O5. The van der Waals surface area contributed by atoms with Gasteiger partial charge in [-0.25, -0.2) is 4.39 Å². The van der Waals surface area contributed by atoms with Gasteiger partial charge in [0.15, 0.2) is 5.82 Å². The molecule has 1 unspecified atom stereocenters. The smallest absolute Gasteiger partial charge is 0.262 e. The van der Waals surface area contributed by atoms with Gasteiger partial charge < -0.3 is 25.1 Å². The standard InChI is InChI=1S/C40H44FN9O5/c41-31-21-48(23-5-6-25-27(13-23)40(55)50(39(25)54)33-7-8-36(52)43-38(33)53)10-9-22(31)16-47-19-29-28(30(29)20-47)18-46-11-12-49-24(17-46)15-42-37-34(49)14-32(44-45-37)26-3-1-2-4-35(26)51/h1-6,13-14,22,24,28-31,33,51H,7-12,15-21H2,(H,42,45)(H,43,52,53)/t22-,24-,28-,29-,30+,31-,33?/m0/s1. The molecule has 10 rings (SSSR count). The normalized spacial score (nSPS) is 30.4. The number of halogens is 1. The monoisotopic (exact) mass is 749 g/mol. The molecule has 3 N–H and O–H groups in total. The molecule has 1 aromatic heterocycles. The Labute approximate surface area is 317 Å². The number of imide groups is 2. The van der Waals surface area contributed by atoms with Crippen molar-refractivity contribution in [1.82, 2.24) is 30.2 Å². The first-order valence-electron chi connectivity index (χ1n) is 19.6. The van der Waals surface area contributed by atoms with Gasteiger partial charge in [0.1, 0.15) is 18.0 Å². The van der Waals surface area contributed by atoms with Gasteiger partial charge in [0.2, 0.25) is 11.8 Å². The Hall–Kier alpha value is -5.15. The highest BCUT2D eigenvalue weighted by Gasteiger charge is 2.56. The lowest BCUT2D eigenvalue weighted by atomic mass is 9.93. The highest BCUT2D eigenvalue weighted by Crippen LogP contribution is 2.52. The van der Waals surface area contributed by atoms with Crippen LogP contribution in [0.5, 0.6) is 5.75 Å². The number of nitrogens with zero attached hydrogens (tertiary/aromatic N) is 7. The predicted molar refractivity (Wildman–Crippen MR) is 200 cm³/mol. The Bertz CT molecular complexity index is 2090. The van der Waals surface area contributed by atoms with E-state index in [4.69, 9.17) is 0 Å². The molecule has 5 fully saturated rings. The summed E-state index contributed by atoms with van der Waals surface area (Å²) in [6, 6.07) is 13.6. The number of aromatic hydroxyl groups is 1. The maximum atomic E-state index is 15.8. The third-order valence-corrected chi connectivity index (χ3v) is 13.2. The summed E-state index contributed by atoms with van der Waals surface area (Å²) in [4.78, 5) is 60.9. The Balaban J connectivity index is 0.701. The number of hydrogen-bond acceptors (Lipinski definition) is 12. The van der Waals surface area contributed by atoms with Crippen molar-refractivity contribution in [2.45, 2.75) is 37.5 Å². The number of alkyl halides is 1. The topological polar surface area (TPSA) is 155 Å². The van der Waals surface area contributed by atoms with Crippen LogP contribution in [0.3, 0.4) is 0 Å². The molecule has 0 bridgehead atoms. The summed E-state index contributed by atoms with van der Waals surface area (Å²) in [6.07, 6.45) is -0.147. The fourth-order valence-corrected chi connectivity index (χ4v) is 10.2. The zero-order chi connectivity index (χ0) is 37.5. The van der Waals surface area contributed by atoms with E-state index in [0.717, 1.165) is 68.8 Å². The summed E-state index contributed by atoms with van der Waals surface area (Å²) in [6.45, 7) is 8.48. The molecule has 7 atom stereocenters. The van der Waals surface area contributed by atoms with E-state index in [-0.39, 0.29) is 42.2 Å². The van der Waals surface area contributed by atoms with Crippen molar-refractivity contribution >= 4 is 40.8 Å². The Morgan fingerprint density at radius 3 is 2.44 bits per heavy atom. The van der Waals surface area contributed by atoms with Crippen LogP contribution in [0, 0.1) is 23.7 Å². The van der Waals surface area contributed by atoms with Crippen molar-refractivity contribution in [2.75, 3.05) is 80.6 Å². The second kappa shape index (κ2) is 13.3. The summed E-state index contributed by atoms with van der Waals surface area (Å²) in [5.74, 6) is 0.813. The number of hydrogen-bond donors (Lipinski definition) is 3. The number of anilines is 3. The molecule has 3 aromatic rings. The number of piperidine rings is 3. The van der Waals surface area contributed by atoms with Crippen LogP contribution in [0.2, 0.25) is 0 Å². The van der Waals surface area contributed by atoms with Gasteiger partial charge in [0, 0.05) is 89.0 Å². The van der Waals surface area contributed by atoms with Crippen molar-refractivity contribution in [3.63, 3.8) is 0 Å². The maximum absolute atomic E-state index is 15.8. The molecule has 4 amide bonds. The quantitative estimate of drug-likeness (QED) is 0.304. The van der Waals surface area contributed by atoms with Crippen molar-refractivity contribution in [3.05, 3.63) is 59.7 Å². The molecule has 15 heteroatoms. The van der Waals surface area contributed by atoms with Gasteiger partial charge in [-0.1, -0.05) is 12.1 Å². The van der Waals surface area contributed by atoms with Gasteiger partial charge in [-0.2, -0.15) is 0 Å². The molecule has 4 saturated heterocycles. The van der Waals surface area contributed by atoms with E-state index < -0.39 is 35.8 Å². The van der Waals surface area contributed by atoms with Crippen LogP contribution in [-0.4, -0.2) is 137 Å². The molecule has 6 aliphatic heterocycles.